The topological polar surface area (TPSA) is 49.6 Å². The normalized spacial score (nSPS) is 29.5. The van der Waals surface area contributed by atoms with Gasteiger partial charge in [-0.15, -0.1) is 0 Å². The lowest BCUT2D eigenvalue weighted by atomic mass is 10.1. The highest BCUT2D eigenvalue weighted by Gasteiger charge is 2.34. The zero-order chi connectivity index (χ0) is 9.26. The molecule has 2 rings (SSSR count). The molecule has 2 aliphatic heterocycles. The van der Waals surface area contributed by atoms with E-state index in [0.717, 1.165) is 45.6 Å². The maximum absolute atomic E-state index is 11.4. The van der Waals surface area contributed by atoms with Gasteiger partial charge in [0.15, 0.2) is 0 Å². The molecule has 0 aromatic heterocycles. The van der Waals surface area contributed by atoms with E-state index in [1.165, 1.54) is 0 Å². The fourth-order valence-electron chi connectivity index (χ4n) is 2.31. The van der Waals surface area contributed by atoms with E-state index >= 15 is 0 Å². The Kier molecular flexibility index (Phi) is 2.51. The number of hydrogen-bond donors (Lipinski definition) is 1. The van der Waals surface area contributed by atoms with Crippen LogP contribution in [0.1, 0.15) is 12.8 Å². The smallest absolute Gasteiger partial charge is 0.222 e. The lowest BCUT2D eigenvalue weighted by Gasteiger charge is -2.37. The van der Waals surface area contributed by atoms with Crippen molar-refractivity contribution in [3.05, 3.63) is 0 Å². The molecule has 2 N–H and O–H groups in total. The third kappa shape index (κ3) is 1.69. The first-order valence-electron chi connectivity index (χ1n) is 5.03. The standard InChI is InChI=1S/C9H17N3O/c10-3-4-11-5-6-12-8(7-11)1-2-9(12)13/h8H,1-7,10H2. The van der Waals surface area contributed by atoms with Gasteiger partial charge in [0, 0.05) is 45.2 Å². The molecule has 0 aromatic carbocycles. The fraction of sp³-hybridized carbons (Fsp3) is 0.889. The quantitative estimate of drug-likeness (QED) is 0.613. The van der Waals surface area contributed by atoms with Crippen molar-refractivity contribution in [2.75, 3.05) is 32.7 Å². The molecular weight excluding hydrogens is 166 g/mol. The van der Waals surface area contributed by atoms with Crippen molar-refractivity contribution in [3.63, 3.8) is 0 Å². The Morgan fingerprint density at radius 1 is 1.46 bits per heavy atom. The highest BCUT2D eigenvalue weighted by atomic mass is 16.2. The van der Waals surface area contributed by atoms with E-state index in [4.69, 9.17) is 5.73 Å². The van der Waals surface area contributed by atoms with Gasteiger partial charge in [-0.05, 0) is 6.42 Å². The van der Waals surface area contributed by atoms with Crippen LogP contribution in [0.3, 0.4) is 0 Å². The van der Waals surface area contributed by atoms with Crippen LogP contribution >= 0.6 is 0 Å². The van der Waals surface area contributed by atoms with Crippen LogP contribution < -0.4 is 5.73 Å². The number of carbonyl (C=O) groups is 1. The maximum Gasteiger partial charge on any atom is 0.222 e. The number of fused-ring (bicyclic) bond motifs is 1. The maximum atomic E-state index is 11.4. The number of rotatable bonds is 2. The lowest BCUT2D eigenvalue weighted by Crippen LogP contribution is -2.52. The molecule has 2 fully saturated rings. The van der Waals surface area contributed by atoms with E-state index in [-0.39, 0.29) is 0 Å². The minimum absolute atomic E-state index is 0.345. The van der Waals surface area contributed by atoms with Gasteiger partial charge in [-0.3, -0.25) is 9.69 Å². The third-order valence-electron chi connectivity index (χ3n) is 3.02. The summed E-state index contributed by atoms with van der Waals surface area (Å²) in [6.07, 6.45) is 1.79. The molecule has 2 saturated heterocycles. The molecule has 4 heteroatoms. The van der Waals surface area contributed by atoms with Crippen LogP contribution in [0.25, 0.3) is 0 Å². The molecule has 74 valence electrons. The van der Waals surface area contributed by atoms with E-state index in [1.54, 1.807) is 0 Å². The number of carbonyl (C=O) groups excluding carboxylic acids is 1. The van der Waals surface area contributed by atoms with Gasteiger partial charge >= 0.3 is 0 Å². The first-order valence-corrected chi connectivity index (χ1v) is 5.03. The van der Waals surface area contributed by atoms with Crippen LogP contribution in [-0.4, -0.2) is 54.5 Å². The van der Waals surface area contributed by atoms with Gasteiger partial charge in [0.1, 0.15) is 0 Å². The molecule has 0 radical (unpaired) electrons. The Hall–Kier alpha value is -0.610. The Morgan fingerprint density at radius 2 is 2.31 bits per heavy atom. The molecule has 4 nitrogen and oxygen atoms in total. The summed E-state index contributed by atoms with van der Waals surface area (Å²) in [6.45, 7) is 4.63. The molecule has 0 aromatic rings. The summed E-state index contributed by atoms with van der Waals surface area (Å²) < 4.78 is 0. The Labute approximate surface area is 78.7 Å². The van der Waals surface area contributed by atoms with Crippen LogP contribution in [-0.2, 0) is 4.79 Å². The SMILES string of the molecule is NCCN1CCN2C(=O)CCC2C1. The number of piperazine rings is 1. The van der Waals surface area contributed by atoms with Crippen molar-refractivity contribution in [3.8, 4) is 0 Å². The molecule has 2 heterocycles. The second-order valence-corrected chi connectivity index (χ2v) is 3.87. The van der Waals surface area contributed by atoms with Crippen LogP contribution in [0.5, 0.6) is 0 Å². The molecule has 1 unspecified atom stereocenters. The average molecular weight is 183 g/mol. The third-order valence-corrected chi connectivity index (χ3v) is 3.02. The summed E-state index contributed by atoms with van der Waals surface area (Å²) in [5.41, 5.74) is 5.50. The van der Waals surface area contributed by atoms with E-state index in [2.05, 4.69) is 4.90 Å². The molecule has 0 saturated carbocycles. The first kappa shape index (κ1) is 8.97. The van der Waals surface area contributed by atoms with Crippen LogP contribution in [0.2, 0.25) is 0 Å². The molecule has 0 bridgehead atoms. The second-order valence-electron chi connectivity index (χ2n) is 3.87. The zero-order valence-electron chi connectivity index (χ0n) is 7.91. The van der Waals surface area contributed by atoms with E-state index in [9.17, 15) is 4.79 Å². The van der Waals surface area contributed by atoms with Crippen LogP contribution in [0, 0.1) is 0 Å². The van der Waals surface area contributed by atoms with Crippen LogP contribution in [0.4, 0.5) is 0 Å². The Balaban J connectivity index is 1.91. The van der Waals surface area contributed by atoms with E-state index in [1.807, 2.05) is 4.90 Å². The van der Waals surface area contributed by atoms with Gasteiger partial charge in [-0.1, -0.05) is 0 Å². The number of amides is 1. The first-order chi connectivity index (χ1) is 6.31. The molecule has 13 heavy (non-hydrogen) atoms. The van der Waals surface area contributed by atoms with Crippen molar-refractivity contribution < 1.29 is 4.79 Å². The molecule has 1 atom stereocenters. The van der Waals surface area contributed by atoms with Gasteiger partial charge in [-0.25, -0.2) is 0 Å². The Bertz CT molecular complexity index is 207. The summed E-state index contributed by atoms with van der Waals surface area (Å²) in [7, 11) is 0. The van der Waals surface area contributed by atoms with Gasteiger partial charge in [0.2, 0.25) is 5.91 Å². The van der Waals surface area contributed by atoms with Crippen molar-refractivity contribution in [2.24, 2.45) is 5.73 Å². The summed E-state index contributed by atoms with van der Waals surface area (Å²) in [5, 5.41) is 0. The largest absolute Gasteiger partial charge is 0.337 e. The Morgan fingerprint density at radius 3 is 3.08 bits per heavy atom. The van der Waals surface area contributed by atoms with Crippen molar-refractivity contribution >= 4 is 5.91 Å². The number of nitrogens with zero attached hydrogens (tertiary/aromatic N) is 2. The summed E-state index contributed by atoms with van der Waals surface area (Å²) in [4.78, 5) is 15.8. The van der Waals surface area contributed by atoms with Crippen LogP contribution in [0.15, 0.2) is 0 Å². The highest BCUT2D eigenvalue weighted by molar-refractivity contribution is 5.78. The second kappa shape index (κ2) is 3.64. The van der Waals surface area contributed by atoms with E-state index < -0.39 is 0 Å². The molecule has 0 spiro atoms. The number of nitrogens with two attached hydrogens (primary N) is 1. The predicted octanol–water partition coefficient (Wildman–Crippen LogP) is -0.748. The average Bonchev–Trinajstić information content (AvgIpc) is 2.48. The molecule has 2 aliphatic rings. The van der Waals surface area contributed by atoms with Crippen molar-refractivity contribution in [2.45, 2.75) is 18.9 Å². The van der Waals surface area contributed by atoms with Gasteiger partial charge in [0.05, 0.1) is 0 Å². The van der Waals surface area contributed by atoms with E-state index in [0.29, 0.717) is 11.9 Å². The summed E-state index contributed by atoms with van der Waals surface area (Å²) in [5.74, 6) is 0.345. The lowest BCUT2D eigenvalue weighted by molar-refractivity contribution is -0.130. The molecule has 0 aliphatic carbocycles. The van der Waals surface area contributed by atoms with Gasteiger partial charge < -0.3 is 10.6 Å². The van der Waals surface area contributed by atoms with Crippen molar-refractivity contribution in [1.29, 1.82) is 0 Å². The van der Waals surface area contributed by atoms with Gasteiger partial charge in [-0.2, -0.15) is 0 Å². The molecular formula is C9H17N3O. The predicted molar refractivity (Wildman–Crippen MR) is 50.2 cm³/mol. The minimum Gasteiger partial charge on any atom is -0.337 e. The monoisotopic (exact) mass is 183 g/mol. The fourth-order valence-corrected chi connectivity index (χ4v) is 2.31. The molecule has 1 amide bonds. The number of hydrogen-bond acceptors (Lipinski definition) is 3. The highest BCUT2D eigenvalue weighted by Crippen LogP contribution is 2.22. The minimum atomic E-state index is 0.345. The van der Waals surface area contributed by atoms with Crippen molar-refractivity contribution in [1.82, 2.24) is 9.80 Å². The van der Waals surface area contributed by atoms with Gasteiger partial charge in [0.25, 0.3) is 0 Å². The summed E-state index contributed by atoms with van der Waals surface area (Å²) >= 11 is 0. The summed E-state index contributed by atoms with van der Waals surface area (Å²) in [6, 6.07) is 0.479. The zero-order valence-corrected chi connectivity index (χ0v) is 7.91.